The van der Waals surface area contributed by atoms with Gasteiger partial charge in [0.1, 0.15) is 11.6 Å². The first-order valence-electron chi connectivity index (χ1n) is 9.59. The predicted octanol–water partition coefficient (Wildman–Crippen LogP) is 3.94. The minimum atomic E-state index is -0.187. The fourth-order valence-corrected chi connectivity index (χ4v) is 3.67. The van der Waals surface area contributed by atoms with E-state index < -0.39 is 0 Å². The zero-order chi connectivity index (χ0) is 18.8. The van der Waals surface area contributed by atoms with Gasteiger partial charge in [0.2, 0.25) is 0 Å². The van der Waals surface area contributed by atoms with Crippen LogP contribution in [0.15, 0.2) is 42.5 Å². The molecule has 1 aliphatic carbocycles. The molecule has 1 aliphatic rings. The number of aromatic nitrogens is 2. The summed E-state index contributed by atoms with van der Waals surface area (Å²) < 4.78 is 5.73. The van der Waals surface area contributed by atoms with Crippen LogP contribution in [0.2, 0.25) is 0 Å². The Morgan fingerprint density at radius 3 is 2.81 bits per heavy atom. The number of aromatic amines is 1. The van der Waals surface area contributed by atoms with Crippen molar-refractivity contribution in [3.05, 3.63) is 59.4 Å². The van der Waals surface area contributed by atoms with Crippen LogP contribution in [0.3, 0.4) is 0 Å². The summed E-state index contributed by atoms with van der Waals surface area (Å²) in [5, 5.41) is 3.06. The van der Waals surface area contributed by atoms with Crippen molar-refractivity contribution in [1.82, 2.24) is 15.3 Å². The number of nitrogens with zero attached hydrogens (tertiary/aromatic N) is 1. The van der Waals surface area contributed by atoms with Crippen LogP contribution in [-0.2, 0) is 17.6 Å². The number of carbonyl (C=O) groups is 1. The maximum Gasteiger partial charge on any atom is 0.258 e. The Balaban J connectivity index is 1.41. The van der Waals surface area contributed by atoms with Crippen LogP contribution >= 0.6 is 0 Å². The summed E-state index contributed by atoms with van der Waals surface area (Å²) in [5.74, 6) is 1.59. The largest absolute Gasteiger partial charge is 0.484 e. The molecule has 1 atom stereocenters. The van der Waals surface area contributed by atoms with Gasteiger partial charge in [-0.15, -0.1) is 0 Å². The molecule has 0 bridgehead atoms. The van der Waals surface area contributed by atoms with Gasteiger partial charge < -0.3 is 15.0 Å². The highest BCUT2D eigenvalue weighted by atomic mass is 16.5. The molecule has 2 aromatic carbocycles. The quantitative estimate of drug-likeness (QED) is 0.697. The number of H-pyrrole nitrogens is 1. The van der Waals surface area contributed by atoms with Gasteiger partial charge >= 0.3 is 0 Å². The van der Waals surface area contributed by atoms with E-state index in [1.807, 2.05) is 30.3 Å². The zero-order valence-electron chi connectivity index (χ0n) is 15.8. The molecule has 4 rings (SSSR count). The SMILES string of the molecule is CC(C)C(NC(=O)COc1ccc2c(c1)CCC2)c1nc2ccccc2[nH]1. The van der Waals surface area contributed by atoms with Crippen LogP contribution in [0, 0.1) is 5.92 Å². The van der Waals surface area contributed by atoms with Crippen LogP contribution in [0.1, 0.15) is 43.3 Å². The minimum absolute atomic E-state index is 0.00222. The summed E-state index contributed by atoms with van der Waals surface area (Å²) in [6, 6.07) is 13.8. The van der Waals surface area contributed by atoms with E-state index in [2.05, 4.69) is 41.3 Å². The van der Waals surface area contributed by atoms with E-state index in [-0.39, 0.29) is 24.5 Å². The molecule has 1 heterocycles. The van der Waals surface area contributed by atoms with Gasteiger partial charge in [0, 0.05) is 0 Å². The van der Waals surface area contributed by atoms with Crippen molar-refractivity contribution in [2.24, 2.45) is 5.92 Å². The molecule has 0 saturated carbocycles. The number of hydrogen-bond acceptors (Lipinski definition) is 3. The maximum atomic E-state index is 12.5. The fourth-order valence-electron chi connectivity index (χ4n) is 3.67. The van der Waals surface area contributed by atoms with Crippen molar-refractivity contribution in [1.29, 1.82) is 0 Å². The third-order valence-electron chi connectivity index (χ3n) is 5.13. The van der Waals surface area contributed by atoms with Crippen LogP contribution in [0.4, 0.5) is 0 Å². The number of carbonyl (C=O) groups excluding carboxylic acids is 1. The molecule has 1 aromatic heterocycles. The highest BCUT2D eigenvalue weighted by molar-refractivity contribution is 5.78. The van der Waals surface area contributed by atoms with Crippen LogP contribution in [0.5, 0.6) is 5.75 Å². The molecule has 5 heteroatoms. The van der Waals surface area contributed by atoms with Gasteiger partial charge in [-0.2, -0.15) is 0 Å². The van der Waals surface area contributed by atoms with E-state index in [4.69, 9.17) is 4.74 Å². The van der Waals surface area contributed by atoms with Crippen LogP contribution < -0.4 is 10.1 Å². The molecular weight excluding hydrogens is 338 g/mol. The molecule has 1 unspecified atom stereocenters. The zero-order valence-corrected chi connectivity index (χ0v) is 15.8. The second-order valence-electron chi connectivity index (χ2n) is 7.50. The Morgan fingerprint density at radius 1 is 1.19 bits per heavy atom. The molecule has 0 spiro atoms. The highest BCUT2D eigenvalue weighted by Gasteiger charge is 2.22. The summed E-state index contributed by atoms with van der Waals surface area (Å²) in [7, 11) is 0. The lowest BCUT2D eigenvalue weighted by Crippen LogP contribution is -2.35. The first-order valence-corrected chi connectivity index (χ1v) is 9.59. The summed E-state index contributed by atoms with van der Waals surface area (Å²) in [6.45, 7) is 4.14. The number of ether oxygens (including phenoxy) is 1. The van der Waals surface area contributed by atoms with Crippen molar-refractivity contribution in [3.8, 4) is 5.75 Å². The van der Waals surface area contributed by atoms with Gasteiger partial charge in [0.05, 0.1) is 17.1 Å². The number of rotatable bonds is 6. The summed E-state index contributed by atoms with van der Waals surface area (Å²) >= 11 is 0. The van der Waals surface area contributed by atoms with Gasteiger partial charge in [-0.1, -0.05) is 32.0 Å². The van der Waals surface area contributed by atoms with Crippen molar-refractivity contribution in [2.45, 2.75) is 39.2 Å². The van der Waals surface area contributed by atoms with E-state index >= 15 is 0 Å². The molecule has 5 nitrogen and oxygen atoms in total. The number of nitrogens with one attached hydrogen (secondary N) is 2. The molecule has 0 saturated heterocycles. The maximum absolute atomic E-state index is 12.5. The first kappa shape index (κ1) is 17.6. The number of amides is 1. The molecule has 3 aromatic rings. The summed E-state index contributed by atoms with van der Waals surface area (Å²) in [6.07, 6.45) is 3.44. The topological polar surface area (TPSA) is 67.0 Å². The van der Waals surface area contributed by atoms with Gasteiger partial charge in [-0.25, -0.2) is 4.98 Å². The Hall–Kier alpha value is -2.82. The number of fused-ring (bicyclic) bond motifs is 2. The van der Waals surface area contributed by atoms with Gasteiger partial charge in [-0.05, 0) is 60.6 Å². The average Bonchev–Trinajstić information content (AvgIpc) is 3.29. The number of aryl methyl sites for hydroxylation is 2. The van der Waals surface area contributed by atoms with E-state index in [9.17, 15) is 4.79 Å². The van der Waals surface area contributed by atoms with E-state index in [1.165, 1.54) is 17.5 Å². The molecule has 0 fully saturated rings. The van der Waals surface area contributed by atoms with Gasteiger partial charge in [-0.3, -0.25) is 4.79 Å². The van der Waals surface area contributed by atoms with Crippen molar-refractivity contribution < 1.29 is 9.53 Å². The molecule has 2 N–H and O–H groups in total. The lowest BCUT2D eigenvalue weighted by molar-refractivity contribution is -0.124. The fraction of sp³-hybridized carbons (Fsp3) is 0.364. The van der Waals surface area contributed by atoms with Crippen molar-refractivity contribution in [2.75, 3.05) is 6.61 Å². The van der Waals surface area contributed by atoms with Crippen molar-refractivity contribution >= 4 is 16.9 Å². The molecule has 0 radical (unpaired) electrons. The smallest absolute Gasteiger partial charge is 0.258 e. The molecule has 0 aliphatic heterocycles. The number of para-hydroxylation sites is 2. The van der Waals surface area contributed by atoms with E-state index in [1.54, 1.807) is 0 Å². The van der Waals surface area contributed by atoms with Gasteiger partial charge in [0.25, 0.3) is 5.91 Å². The second-order valence-corrected chi connectivity index (χ2v) is 7.50. The Labute approximate surface area is 159 Å². The normalized spacial score (nSPS) is 14.3. The number of hydrogen-bond donors (Lipinski definition) is 2. The van der Waals surface area contributed by atoms with Gasteiger partial charge in [0.15, 0.2) is 6.61 Å². The van der Waals surface area contributed by atoms with E-state index in [0.717, 1.165) is 35.4 Å². The molecule has 1 amide bonds. The van der Waals surface area contributed by atoms with E-state index in [0.29, 0.717) is 0 Å². The van der Waals surface area contributed by atoms with Crippen molar-refractivity contribution in [3.63, 3.8) is 0 Å². The second kappa shape index (κ2) is 7.43. The minimum Gasteiger partial charge on any atom is -0.484 e. The number of imidazole rings is 1. The predicted molar refractivity (Wildman–Crippen MR) is 106 cm³/mol. The Kier molecular flexibility index (Phi) is 4.84. The van der Waals surface area contributed by atoms with Crippen LogP contribution in [0.25, 0.3) is 11.0 Å². The lowest BCUT2D eigenvalue weighted by atomic mass is 10.0. The number of benzene rings is 2. The average molecular weight is 363 g/mol. The molecule has 27 heavy (non-hydrogen) atoms. The molecule has 140 valence electrons. The summed E-state index contributed by atoms with van der Waals surface area (Å²) in [4.78, 5) is 20.4. The Bertz CT molecular complexity index is 928. The third-order valence-corrected chi connectivity index (χ3v) is 5.13. The third kappa shape index (κ3) is 3.82. The standard InChI is InChI=1S/C22H25N3O2/c1-14(2)21(22-23-18-8-3-4-9-19(18)24-22)25-20(26)13-27-17-11-10-15-6-5-7-16(15)12-17/h3-4,8-12,14,21H,5-7,13H2,1-2H3,(H,23,24)(H,25,26). The van der Waals surface area contributed by atoms with Crippen LogP contribution in [-0.4, -0.2) is 22.5 Å². The summed E-state index contributed by atoms with van der Waals surface area (Å²) in [5.41, 5.74) is 4.62. The monoisotopic (exact) mass is 363 g/mol. The highest BCUT2D eigenvalue weighted by Crippen LogP contribution is 2.26. The molecular formula is C22H25N3O2. The Morgan fingerprint density at radius 2 is 2.00 bits per heavy atom. The first-order chi connectivity index (χ1) is 13.1. The lowest BCUT2D eigenvalue weighted by Gasteiger charge is -2.20.